The van der Waals surface area contributed by atoms with Crippen molar-refractivity contribution in [1.29, 1.82) is 0 Å². The van der Waals surface area contributed by atoms with Crippen LogP contribution in [0.25, 0.3) is 0 Å². The molecule has 0 atom stereocenters. The summed E-state index contributed by atoms with van der Waals surface area (Å²) in [5.41, 5.74) is 1.14. The molecule has 1 aromatic heterocycles. The second-order valence-corrected chi connectivity index (χ2v) is 7.48. The molecule has 0 radical (unpaired) electrons. The highest BCUT2D eigenvalue weighted by Crippen LogP contribution is 2.30. The van der Waals surface area contributed by atoms with Gasteiger partial charge in [0.2, 0.25) is 0 Å². The van der Waals surface area contributed by atoms with Crippen molar-refractivity contribution in [2.45, 2.75) is 38.4 Å². The summed E-state index contributed by atoms with van der Waals surface area (Å²) in [6, 6.07) is 5.47. The molecule has 2 aromatic rings. The molecule has 136 valence electrons. The van der Waals surface area contributed by atoms with Crippen molar-refractivity contribution in [2.75, 3.05) is 19.6 Å². The number of phenolic OH excluding ortho intramolecular Hbond substituents is 1. The number of hydrogen-bond acceptors (Lipinski definition) is 5. The van der Waals surface area contributed by atoms with Gasteiger partial charge in [0.25, 0.3) is 0 Å². The monoisotopic (exact) mass is 427 g/mol. The second-order valence-electron chi connectivity index (χ2n) is 6.63. The van der Waals surface area contributed by atoms with Crippen LogP contribution in [0.3, 0.4) is 0 Å². The predicted octanol–water partition coefficient (Wildman–Crippen LogP) is 2.65. The van der Waals surface area contributed by atoms with Gasteiger partial charge in [-0.05, 0) is 49.7 Å². The van der Waals surface area contributed by atoms with E-state index in [2.05, 4.69) is 40.9 Å². The number of piperidine rings is 1. The summed E-state index contributed by atoms with van der Waals surface area (Å²) in [4.78, 5) is 2.45. The van der Waals surface area contributed by atoms with Gasteiger partial charge in [-0.1, -0.05) is 15.9 Å². The van der Waals surface area contributed by atoms with E-state index in [-0.39, 0.29) is 12.4 Å². The van der Waals surface area contributed by atoms with Gasteiger partial charge in [0.05, 0.1) is 6.54 Å². The first-order chi connectivity index (χ1) is 11.7. The summed E-state index contributed by atoms with van der Waals surface area (Å²) in [7, 11) is 0. The number of nitrogens with one attached hydrogen (secondary N) is 1. The van der Waals surface area contributed by atoms with Crippen molar-refractivity contribution < 1.29 is 5.11 Å². The molecule has 1 saturated heterocycles. The number of likely N-dealkylation sites (tertiary alicyclic amines) is 1. The van der Waals surface area contributed by atoms with Crippen LogP contribution < -0.4 is 5.32 Å². The number of aromatic hydroxyl groups is 1. The van der Waals surface area contributed by atoms with E-state index in [0.29, 0.717) is 11.7 Å². The Bertz CT molecular complexity index is 730. The highest BCUT2D eigenvalue weighted by molar-refractivity contribution is 9.10. The fraction of sp³-hybridized carbons (Fsp3) is 0.529. The maximum absolute atomic E-state index is 9.68. The Hall–Kier alpha value is -1.15. The first-order valence-electron chi connectivity index (χ1n) is 8.53. The van der Waals surface area contributed by atoms with Crippen LogP contribution in [0.4, 0.5) is 0 Å². The van der Waals surface area contributed by atoms with E-state index in [9.17, 15) is 5.11 Å². The van der Waals surface area contributed by atoms with E-state index in [4.69, 9.17) is 0 Å². The standard InChI is InChI=1S/C17H22BrN5O.ClH/c18-15-2-1-14(24)9-13(15)11-22-6-3-12(4-7-22)17-21-20-16-10-19-5-8-23(16)17;/h1-2,9,12,19,24H,3-8,10-11H2;1H. The van der Waals surface area contributed by atoms with E-state index in [0.717, 1.165) is 68.0 Å². The molecule has 2 aliphatic heterocycles. The minimum Gasteiger partial charge on any atom is -0.508 e. The van der Waals surface area contributed by atoms with E-state index < -0.39 is 0 Å². The Morgan fingerprint density at radius 1 is 1.20 bits per heavy atom. The van der Waals surface area contributed by atoms with Crippen molar-refractivity contribution in [3.05, 3.63) is 39.9 Å². The van der Waals surface area contributed by atoms with Crippen LogP contribution in [0, 0.1) is 0 Å². The Balaban J connectivity index is 0.00000182. The van der Waals surface area contributed by atoms with Crippen molar-refractivity contribution >= 4 is 28.3 Å². The minimum absolute atomic E-state index is 0. The molecule has 0 spiro atoms. The van der Waals surface area contributed by atoms with Gasteiger partial charge in [0, 0.05) is 30.0 Å². The summed E-state index contributed by atoms with van der Waals surface area (Å²) in [5.74, 6) is 3.08. The molecule has 0 amide bonds. The highest BCUT2D eigenvalue weighted by Gasteiger charge is 2.27. The van der Waals surface area contributed by atoms with Crippen LogP contribution in [-0.2, 0) is 19.6 Å². The zero-order valence-electron chi connectivity index (χ0n) is 14.0. The first kappa shape index (κ1) is 18.6. The second kappa shape index (κ2) is 8.03. The van der Waals surface area contributed by atoms with Gasteiger partial charge in [-0.15, -0.1) is 22.6 Å². The van der Waals surface area contributed by atoms with Crippen LogP contribution in [-0.4, -0.2) is 44.4 Å². The lowest BCUT2D eigenvalue weighted by atomic mass is 9.95. The molecule has 6 nitrogen and oxygen atoms in total. The van der Waals surface area contributed by atoms with Gasteiger partial charge in [-0.2, -0.15) is 0 Å². The average Bonchev–Trinajstić information content (AvgIpc) is 3.03. The fourth-order valence-corrected chi connectivity index (χ4v) is 4.06. The van der Waals surface area contributed by atoms with Crippen LogP contribution in [0.2, 0.25) is 0 Å². The summed E-state index contributed by atoms with van der Waals surface area (Å²) < 4.78 is 3.37. The van der Waals surface area contributed by atoms with Gasteiger partial charge in [-0.3, -0.25) is 4.90 Å². The molecule has 0 saturated carbocycles. The number of benzene rings is 1. The molecule has 8 heteroatoms. The summed E-state index contributed by atoms with van der Waals surface area (Å²) in [6.45, 7) is 5.78. The smallest absolute Gasteiger partial charge is 0.147 e. The molecule has 3 heterocycles. The molecular weight excluding hydrogens is 406 g/mol. The van der Waals surface area contributed by atoms with E-state index in [1.54, 1.807) is 6.07 Å². The number of rotatable bonds is 3. The Morgan fingerprint density at radius 3 is 2.80 bits per heavy atom. The van der Waals surface area contributed by atoms with Crippen LogP contribution in [0.15, 0.2) is 22.7 Å². The number of aromatic nitrogens is 3. The van der Waals surface area contributed by atoms with Crippen molar-refractivity contribution in [3.63, 3.8) is 0 Å². The number of phenols is 1. The Kier molecular flexibility index (Phi) is 5.99. The lowest BCUT2D eigenvalue weighted by molar-refractivity contribution is 0.199. The Morgan fingerprint density at radius 2 is 2.00 bits per heavy atom. The van der Waals surface area contributed by atoms with E-state index in [1.807, 2.05) is 12.1 Å². The predicted molar refractivity (Wildman–Crippen MR) is 102 cm³/mol. The normalized spacial score (nSPS) is 18.6. The third kappa shape index (κ3) is 4.00. The number of fused-ring (bicyclic) bond motifs is 1. The molecule has 2 aliphatic rings. The van der Waals surface area contributed by atoms with E-state index in [1.165, 1.54) is 5.82 Å². The molecule has 0 unspecified atom stereocenters. The third-order valence-corrected chi connectivity index (χ3v) is 5.80. The number of hydrogen-bond donors (Lipinski definition) is 2. The van der Waals surface area contributed by atoms with Crippen LogP contribution in [0.1, 0.15) is 36.0 Å². The molecular formula is C17H23BrClN5O. The van der Waals surface area contributed by atoms with Crippen LogP contribution in [0.5, 0.6) is 5.75 Å². The summed E-state index contributed by atoms with van der Waals surface area (Å²) >= 11 is 3.58. The average molecular weight is 429 g/mol. The number of nitrogens with zero attached hydrogens (tertiary/aromatic N) is 4. The highest BCUT2D eigenvalue weighted by atomic mass is 79.9. The van der Waals surface area contributed by atoms with Crippen molar-refractivity contribution in [2.24, 2.45) is 0 Å². The quantitative estimate of drug-likeness (QED) is 0.787. The molecule has 0 aliphatic carbocycles. The Labute approximate surface area is 162 Å². The maximum Gasteiger partial charge on any atom is 0.147 e. The molecule has 2 N–H and O–H groups in total. The first-order valence-corrected chi connectivity index (χ1v) is 9.32. The third-order valence-electron chi connectivity index (χ3n) is 5.03. The lowest BCUT2D eigenvalue weighted by Crippen LogP contribution is -2.34. The van der Waals surface area contributed by atoms with Crippen LogP contribution >= 0.6 is 28.3 Å². The zero-order valence-corrected chi connectivity index (χ0v) is 16.4. The zero-order chi connectivity index (χ0) is 16.5. The minimum atomic E-state index is 0. The summed E-state index contributed by atoms with van der Waals surface area (Å²) in [6.07, 6.45) is 2.23. The van der Waals surface area contributed by atoms with Gasteiger partial charge < -0.3 is 15.0 Å². The molecule has 0 bridgehead atoms. The number of halogens is 2. The van der Waals surface area contributed by atoms with Gasteiger partial charge in [0.15, 0.2) is 0 Å². The van der Waals surface area contributed by atoms with Crippen molar-refractivity contribution in [3.8, 4) is 5.75 Å². The lowest BCUT2D eigenvalue weighted by Gasteiger charge is -2.32. The molecule has 4 rings (SSSR count). The molecule has 1 aromatic carbocycles. The largest absolute Gasteiger partial charge is 0.508 e. The SMILES string of the molecule is Cl.Oc1ccc(Br)c(CN2CCC(c3nnc4n3CCNC4)CC2)c1. The van der Waals surface area contributed by atoms with Gasteiger partial charge in [-0.25, -0.2) is 0 Å². The van der Waals surface area contributed by atoms with E-state index >= 15 is 0 Å². The fourth-order valence-electron chi connectivity index (χ4n) is 3.69. The molecule has 25 heavy (non-hydrogen) atoms. The maximum atomic E-state index is 9.68. The van der Waals surface area contributed by atoms with Gasteiger partial charge >= 0.3 is 0 Å². The summed E-state index contributed by atoms with van der Waals surface area (Å²) in [5, 5.41) is 21.8. The van der Waals surface area contributed by atoms with Gasteiger partial charge in [0.1, 0.15) is 17.4 Å². The molecule has 1 fully saturated rings. The topological polar surface area (TPSA) is 66.2 Å². The van der Waals surface area contributed by atoms with Crippen molar-refractivity contribution in [1.82, 2.24) is 25.0 Å².